The smallest absolute Gasteiger partial charge is 0.320 e. The van der Waals surface area contributed by atoms with Crippen molar-refractivity contribution >= 4 is 11.9 Å². The van der Waals surface area contributed by atoms with E-state index in [1.54, 1.807) is 0 Å². The van der Waals surface area contributed by atoms with Gasteiger partial charge in [0.1, 0.15) is 12.2 Å². The number of halogens is 1. The topological polar surface area (TPSA) is 128 Å². The predicted molar refractivity (Wildman–Crippen MR) is 45.8 cm³/mol. The van der Waals surface area contributed by atoms with Crippen molar-refractivity contribution in [3.8, 4) is 0 Å². The standard InChI is InChI=1S/C6H13FN4O2/c7-3(2-11-6(9)10)1-4(8)5(12)13/h3-4H,1-2,8H2,(H,12,13)(H4,9,10,11). The van der Waals surface area contributed by atoms with Crippen molar-refractivity contribution in [2.75, 3.05) is 6.54 Å². The van der Waals surface area contributed by atoms with E-state index in [-0.39, 0.29) is 18.9 Å². The van der Waals surface area contributed by atoms with Gasteiger partial charge in [0.15, 0.2) is 5.96 Å². The maximum Gasteiger partial charge on any atom is 0.320 e. The van der Waals surface area contributed by atoms with E-state index < -0.39 is 18.2 Å². The summed E-state index contributed by atoms with van der Waals surface area (Å²) in [5, 5.41) is 8.33. The minimum absolute atomic E-state index is 0.230. The number of carboxylic acids is 1. The molecule has 0 aliphatic carbocycles. The number of carbonyl (C=O) groups is 1. The largest absolute Gasteiger partial charge is 0.480 e. The fourth-order valence-electron chi connectivity index (χ4n) is 0.655. The summed E-state index contributed by atoms with van der Waals surface area (Å²) in [6, 6.07) is -1.22. The number of nitrogens with two attached hydrogens (primary N) is 3. The van der Waals surface area contributed by atoms with Gasteiger partial charge in [-0.05, 0) is 0 Å². The van der Waals surface area contributed by atoms with Gasteiger partial charge in [-0.2, -0.15) is 0 Å². The molecule has 0 aliphatic rings. The summed E-state index contributed by atoms with van der Waals surface area (Å²) < 4.78 is 12.8. The van der Waals surface area contributed by atoms with E-state index in [0.29, 0.717) is 0 Å². The van der Waals surface area contributed by atoms with Crippen molar-refractivity contribution in [3.63, 3.8) is 0 Å². The molecule has 7 heteroatoms. The van der Waals surface area contributed by atoms with Crippen molar-refractivity contribution in [1.82, 2.24) is 0 Å². The Labute approximate surface area is 74.6 Å². The molecule has 0 rings (SSSR count). The number of hydrogen-bond acceptors (Lipinski definition) is 3. The van der Waals surface area contributed by atoms with Crippen molar-refractivity contribution in [2.24, 2.45) is 22.2 Å². The van der Waals surface area contributed by atoms with Gasteiger partial charge >= 0.3 is 5.97 Å². The van der Waals surface area contributed by atoms with Crippen LogP contribution in [0, 0.1) is 0 Å². The molecule has 0 saturated heterocycles. The average molecular weight is 192 g/mol. The highest BCUT2D eigenvalue weighted by Crippen LogP contribution is 2.01. The molecule has 0 heterocycles. The number of aliphatic carboxylic acids is 1. The molecule has 0 aromatic carbocycles. The van der Waals surface area contributed by atoms with E-state index in [2.05, 4.69) is 4.99 Å². The van der Waals surface area contributed by atoms with Crippen LogP contribution in [0.25, 0.3) is 0 Å². The Morgan fingerprint density at radius 2 is 2.08 bits per heavy atom. The number of rotatable bonds is 5. The summed E-state index contributed by atoms with van der Waals surface area (Å²) in [6.45, 7) is -0.261. The molecule has 0 amide bonds. The first kappa shape index (κ1) is 11.6. The summed E-state index contributed by atoms with van der Waals surface area (Å²) in [7, 11) is 0. The fourth-order valence-corrected chi connectivity index (χ4v) is 0.655. The second-order valence-electron chi connectivity index (χ2n) is 2.54. The Morgan fingerprint density at radius 1 is 1.54 bits per heavy atom. The van der Waals surface area contributed by atoms with E-state index >= 15 is 0 Å². The molecule has 13 heavy (non-hydrogen) atoms. The number of hydrogen-bond donors (Lipinski definition) is 4. The molecule has 0 fully saturated rings. The van der Waals surface area contributed by atoms with E-state index in [0.717, 1.165) is 0 Å². The molecule has 0 spiro atoms. The highest BCUT2D eigenvalue weighted by atomic mass is 19.1. The SMILES string of the molecule is NC(N)=NCC(F)CC(N)C(=O)O. The van der Waals surface area contributed by atoms with Gasteiger partial charge in [0, 0.05) is 6.42 Å². The van der Waals surface area contributed by atoms with Crippen LogP contribution >= 0.6 is 0 Å². The van der Waals surface area contributed by atoms with Crippen LogP contribution in [-0.2, 0) is 4.79 Å². The van der Waals surface area contributed by atoms with Crippen molar-refractivity contribution in [3.05, 3.63) is 0 Å². The predicted octanol–water partition coefficient (Wildman–Crippen LogP) is -1.60. The van der Waals surface area contributed by atoms with Crippen LogP contribution in [0.5, 0.6) is 0 Å². The highest BCUT2D eigenvalue weighted by molar-refractivity contribution is 5.75. The third-order valence-corrected chi connectivity index (χ3v) is 1.30. The first-order valence-electron chi connectivity index (χ1n) is 3.61. The molecule has 0 aromatic heterocycles. The van der Waals surface area contributed by atoms with Crippen LogP contribution in [0.2, 0.25) is 0 Å². The minimum Gasteiger partial charge on any atom is -0.480 e. The zero-order chi connectivity index (χ0) is 10.4. The fraction of sp³-hybridized carbons (Fsp3) is 0.667. The lowest BCUT2D eigenvalue weighted by atomic mass is 10.1. The van der Waals surface area contributed by atoms with Gasteiger partial charge in [0.25, 0.3) is 0 Å². The highest BCUT2D eigenvalue weighted by Gasteiger charge is 2.17. The van der Waals surface area contributed by atoms with E-state index in [9.17, 15) is 9.18 Å². The lowest BCUT2D eigenvalue weighted by Crippen LogP contribution is -2.34. The number of aliphatic imine (C=N–C) groups is 1. The van der Waals surface area contributed by atoms with Crippen LogP contribution < -0.4 is 17.2 Å². The first-order valence-corrected chi connectivity index (χ1v) is 3.61. The van der Waals surface area contributed by atoms with Crippen LogP contribution in [0.15, 0.2) is 4.99 Å². The maximum absolute atomic E-state index is 12.8. The molecule has 6 nitrogen and oxygen atoms in total. The van der Waals surface area contributed by atoms with Gasteiger partial charge in [-0.15, -0.1) is 0 Å². The van der Waals surface area contributed by atoms with E-state index in [1.165, 1.54) is 0 Å². The summed E-state index contributed by atoms with van der Waals surface area (Å²) >= 11 is 0. The molecular weight excluding hydrogens is 179 g/mol. The van der Waals surface area contributed by atoms with Gasteiger partial charge in [-0.3, -0.25) is 9.79 Å². The molecular formula is C6H13FN4O2. The van der Waals surface area contributed by atoms with Gasteiger partial charge in [-0.25, -0.2) is 4.39 Å². The summed E-state index contributed by atoms with van der Waals surface area (Å²) in [5.41, 5.74) is 15.0. The van der Waals surface area contributed by atoms with Crippen LogP contribution in [0.1, 0.15) is 6.42 Å². The monoisotopic (exact) mass is 192 g/mol. The number of carboxylic acid groups (broad SMARTS) is 1. The van der Waals surface area contributed by atoms with Gasteiger partial charge < -0.3 is 22.3 Å². The van der Waals surface area contributed by atoms with Crippen molar-refractivity contribution in [1.29, 1.82) is 0 Å². The maximum atomic E-state index is 12.8. The lowest BCUT2D eigenvalue weighted by molar-refractivity contribution is -0.139. The van der Waals surface area contributed by atoms with Crippen LogP contribution in [-0.4, -0.2) is 35.8 Å². The van der Waals surface area contributed by atoms with E-state index in [4.69, 9.17) is 22.3 Å². The van der Waals surface area contributed by atoms with Crippen LogP contribution in [0.4, 0.5) is 4.39 Å². The first-order chi connectivity index (χ1) is 5.93. The Kier molecular flexibility index (Phi) is 4.75. The zero-order valence-corrected chi connectivity index (χ0v) is 6.98. The Bertz CT molecular complexity index is 205. The Balaban J connectivity index is 3.80. The average Bonchev–Trinajstić information content (AvgIpc) is 2.00. The van der Waals surface area contributed by atoms with Crippen LogP contribution in [0.3, 0.4) is 0 Å². The second-order valence-corrected chi connectivity index (χ2v) is 2.54. The Morgan fingerprint density at radius 3 is 2.46 bits per heavy atom. The van der Waals surface area contributed by atoms with Gasteiger partial charge in [0.2, 0.25) is 0 Å². The third-order valence-electron chi connectivity index (χ3n) is 1.30. The molecule has 0 radical (unpaired) electrons. The number of guanidine groups is 1. The molecule has 7 N–H and O–H groups in total. The molecule has 0 aromatic rings. The Hall–Kier alpha value is -1.37. The normalized spacial score (nSPS) is 14.6. The molecule has 2 atom stereocenters. The molecule has 0 saturated carbocycles. The minimum atomic E-state index is -1.44. The summed E-state index contributed by atoms with van der Waals surface area (Å²) in [6.07, 6.45) is -1.74. The third kappa shape index (κ3) is 5.85. The summed E-state index contributed by atoms with van der Waals surface area (Å²) in [4.78, 5) is 13.6. The number of nitrogens with zero attached hydrogens (tertiary/aromatic N) is 1. The molecule has 0 aliphatic heterocycles. The second kappa shape index (κ2) is 5.31. The van der Waals surface area contributed by atoms with Gasteiger partial charge in [0.05, 0.1) is 6.54 Å². The zero-order valence-electron chi connectivity index (χ0n) is 6.98. The van der Waals surface area contributed by atoms with E-state index in [1.807, 2.05) is 0 Å². The van der Waals surface area contributed by atoms with Crippen molar-refractivity contribution < 1.29 is 14.3 Å². The molecule has 0 bridgehead atoms. The molecule has 2 unspecified atom stereocenters. The quantitative estimate of drug-likeness (QED) is 0.308. The lowest BCUT2D eigenvalue weighted by Gasteiger charge is -2.08. The summed E-state index contributed by atoms with van der Waals surface area (Å²) in [5.74, 6) is -1.47. The number of alkyl halides is 1. The van der Waals surface area contributed by atoms with Crippen molar-refractivity contribution in [2.45, 2.75) is 18.6 Å². The molecule has 76 valence electrons. The van der Waals surface area contributed by atoms with Gasteiger partial charge in [-0.1, -0.05) is 0 Å².